The Hall–Kier alpha value is -1.23. The van der Waals surface area contributed by atoms with E-state index in [0.29, 0.717) is 28.1 Å². The molecular formula is C11H11Cl2N3O. The molecule has 0 aliphatic carbocycles. The van der Waals surface area contributed by atoms with E-state index in [1.807, 2.05) is 0 Å². The summed E-state index contributed by atoms with van der Waals surface area (Å²) in [5.41, 5.74) is 7.19. The van der Waals surface area contributed by atoms with E-state index in [9.17, 15) is 0 Å². The van der Waals surface area contributed by atoms with Crippen LogP contribution in [0.3, 0.4) is 0 Å². The second kappa shape index (κ2) is 4.96. The molecule has 6 heteroatoms. The van der Waals surface area contributed by atoms with Crippen molar-refractivity contribution in [1.82, 2.24) is 9.78 Å². The number of aromatic nitrogens is 2. The zero-order chi connectivity index (χ0) is 12.4. The normalized spacial score (nSPS) is 10.8. The fourth-order valence-corrected chi connectivity index (χ4v) is 2.04. The van der Waals surface area contributed by atoms with E-state index in [1.54, 1.807) is 24.3 Å². The molecule has 1 aromatic carbocycles. The van der Waals surface area contributed by atoms with Crippen molar-refractivity contribution in [1.29, 1.82) is 0 Å². The zero-order valence-corrected chi connectivity index (χ0v) is 10.4. The smallest absolute Gasteiger partial charge is 0.122 e. The summed E-state index contributed by atoms with van der Waals surface area (Å²) in [7, 11) is 0. The molecule has 1 heterocycles. The molecule has 2 rings (SSSR count). The van der Waals surface area contributed by atoms with Gasteiger partial charge in [0.05, 0.1) is 23.9 Å². The van der Waals surface area contributed by atoms with Crippen LogP contribution in [0.1, 0.15) is 0 Å². The van der Waals surface area contributed by atoms with Crippen molar-refractivity contribution in [3.8, 4) is 11.3 Å². The van der Waals surface area contributed by atoms with Gasteiger partial charge < -0.3 is 10.8 Å². The van der Waals surface area contributed by atoms with Gasteiger partial charge >= 0.3 is 0 Å². The van der Waals surface area contributed by atoms with Crippen LogP contribution in [0.4, 0.5) is 5.82 Å². The molecule has 0 atom stereocenters. The summed E-state index contributed by atoms with van der Waals surface area (Å²) < 4.78 is 1.53. The third-order valence-electron chi connectivity index (χ3n) is 2.33. The molecular weight excluding hydrogens is 261 g/mol. The van der Waals surface area contributed by atoms with Crippen LogP contribution in [0.5, 0.6) is 0 Å². The maximum absolute atomic E-state index is 8.86. The van der Waals surface area contributed by atoms with Gasteiger partial charge in [0.2, 0.25) is 0 Å². The molecule has 90 valence electrons. The molecule has 0 saturated heterocycles. The number of anilines is 1. The lowest BCUT2D eigenvalue weighted by Gasteiger charge is -2.01. The highest BCUT2D eigenvalue weighted by Crippen LogP contribution is 2.30. The first-order chi connectivity index (χ1) is 8.11. The minimum Gasteiger partial charge on any atom is -0.394 e. The predicted octanol–water partition coefficient (Wildman–Crippen LogP) is 2.43. The highest BCUT2D eigenvalue weighted by molar-refractivity contribution is 6.36. The van der Waals surface area contributed by atoms with Gasteiger partial charge in [0.1, 0.15) is 5.82 Å². The van der Waals surface area contributed by atoms with Gasteiger partial charge in [-0.2, -0.15) is 5.10 Å². The Morgan fingerprint density at radius 2 is 2.06 bits per heavy atom. The molecule has 2 aromatic rings. The lowest BCUT2D eigenvalue weighted by Crippen LogP contribution is -2.07. The third kappa shape index (κ3) is 2.54. The highest BCUT2D eigenvalue weighted by atomic mass is 35.5. The van der Waals surface area contributed by atoms with Crippen molar-refractivity contribution in [3.63, 3.8) is 0 Å². The number of aliphatic hydroxyl groups is 1. The van der Waals surface area contributed by atoms with Gasteiger partial charge in [-0.1, -0.05) is 23.2 Å². The van der Waals surface area contributed by atoms with Crippen LogP contribution in [0.15, 0.2) is 24.3 Å². The predicted molar refractivity (Wildman–Crippen MR) is 69.2 cm³/mol. The van der Waals surface area contributed by atoms with Crippen molar-refractivity contribution in [3.05, 3.63) is 34.3 Å². The molecule has 0 saturated carbocycles. The van der Waals surface area contributed by atoms with E-state index < -0.39 is 0 Å². The van der Waals surface area contributed by atoms with E-state index in [2.05, 4.69) is 5.10 Å². The van der Waals surface area contributed by atoms with Crippen molar-refractivity contribution < 1.29 is 5.11 Å². The van der Waals surface area contributed by atoms with E-state index in [0.717, 1.165) is 5.56 Å². The fourth-order valence-electron chi connectivity index (χ4n) is 1.53. The number of nitrogen functional groups attached to an aromatic ring is 1. The Morgan fingerprint density at radius 1 is 1.29 bits per heavy atom. The van der Waals surface area contributed by atoms with Crippen LogP contribution in [-0.4, -0.2) is 21.5 Å². The van der Waals surface area contributed by atoms with Gasteiger partial charge in [-0.15, -0.1) is 0 Å². The standard InChI is InChI=1S/C11H11Cl2N3O/c12-7-1-2-8(9(13)5-7)10-6-11(14)16(15-10)3-4-17/h1-2,5-6,17H,3-4,14H2. The molecule has 3 N–H and O–H groups in total. The largest absolute Gasteiger partial charge is 0.394 e. The lowest BCUT2D eigenvalue weighted by atomic mass is 10.1. The minimum absolute atomic E-state index is 0.0142. The van der Waals surface area contributed by atoms with E-state index >= 15 is 0 Å². The summed E-state index contributed by atoms with van der Waals surface area (Å²) in [5, 5.41) is 14.2. The highest BCUT2D eigenvalue weighted by Gasteiger charge is 2.10. The quantitative estimate of drug-likeness (QED) is 0.901. The Labute approximate surface area is 109 Å². The van der Waals surface area contributed by atoms with E-state index in [4.69, 9.17) is 34.0 Å². The monoisotopic (exact) mass is 271 g/mol. The SMILES string of the molecule is Nc1cc(-c2ccc(Cl)cc2Cl)nn1CCO. The first-order valence-electron chi connectivity index (χ1n) is 5.01. The summed E-state index contributed by atoms with van der Waals surface area (Å²) in [4.78, 5) is 0. The fraction of sp³-hybridized carbons (Fsp3) is 0.182. The van der Waals surface area contributed by atoms with Gasteiger partial charge in [-0.05, 0) is 18.2 Å². The average molecular weight is 272 g/mol. The Morgan fingerprint density at radius 3 is 2.71 bits per heavy atom. The summed E-state index contributed by atoms with van der Waals surface area (Å²) in [6, 6.07) is 6.89. The number of halogens is 2. The van der Waals surface area contributed by atoms with Gasteiger partial charge in [0.25, 0.3) is 0 Å². The number of nitrogens with two attached hydrogens (primary N) is 1. The van der Waals surface area contributed by atoms with Crippen LogP contribution < -0.4 is 5.73 Å². The Balaban J connectivity index is 2.42. The molecule has 0 fully saturated rings. The summed E-state index contributed by atoms with van der Waals surface area (Å²) in [6.45, 7) is 0.344. The topological polar surface area (TPSA) is 64.1 Å². The third-order valence-corrected chi connectivity index (χ3v) is 2.88. The molecule has 0 aliphatic rings. The molecule has 0 bridgehead atoms. The molecule has 0 aliphatic heterocycles. The lowest BCUT2D eigenvalue weighted by molar-refractivity contribution is 0.270. The van der Waals surface area contributed by atoms with E-state index in [-0.39, 0.29) is 6.61 Å². The second-order valence-corrected chi connectivity index (χ2v) is 4.37. The van der Waals surface area contributed by atoms with Crippen molar-refractivity contribution in [2.45, 2.75) is 6.54 Å². The number of benzene rings is 1. The molecule has 1 aromatic heterocycles. The molecule has 4 nitrogen and oxygen atoms in total. The van der Waals surface area contributed by atoms with E-state index in [1.165, 1.54) is 4.68 Å². The second-order valence-electron chi connectivity index (χ2n) is 3.53. The van der Waals surface area contributed by atoms with Crippen LogP contribution in [0.2, 0.25) is 10.0 Å². The number of nitrogens with zero attached hydrogens (tertiary/aromatic N) is 2. The minimum atomic E-state index is -0.0142. The van der Waals surface area contributed by atoms with Gasteiger partial charge in [0.15, 0.2) is 0 Å². The maximum atomic E-state index is 8.86. The zero-order valence-electron chi connectivity index (χ0n) is 8.90. The number of hydrogen-bond acceptors (Lipinski definition) is 3. The van der Waals surface area contributed by atoms with Gasteiger partial charge in [-0.3, -0.25) is 0 Å². The van der Waals surface area contributed by atoms with Gasteiger partial charge in [0, 0.05) is 16.7 Å². The first-order valence-corrected chi connectivity index (χ1v) is 5.77. The number of rotatable bonds is 3. The Kier molecular flexibility index (Phi) is 3.57. The summed E-state index contributed by atoms with van der Waals surface area (Å²) in [6.07, 6.45) is 0. The average Bonchev–Trinajstić information content (AvgIpc) is 2.60. The molecule has 17 heavy (non-hydrogen) atoms. The van der Waals surface area contributed by atoms with Crippen LogP contribution in [-0.2, 0) is 6.54 Å². The molecule has 0 amide bonds. The first kappa shape index (κ1) is 12.2. The van der Waals surface area contributed by atoms with Crippen LogP contribution >= 0.6 is 23.2 Å². The molecule has 0 radical (unpaired) electrons. The Bertz CT molecular complexity index is 540. The van der Waals surface area contributed by atoms with Crippen molar-refractivity contribution >= 4 is 29.0 Å². The molecule has 0 spiro atoms. The van der Waals surface area contributed by atoms with Crippen molar-refractivity contribution in [2.24, 2.45) is 0 Å². The number of hydrogen-bond donors (Lipinski definition) is 2. The number of aliphatic hydroxyl groups excluding tert-OH is 1. The summed E-state index contributed by atoms with van der Waals surface area (Å²) in [5.74, 6) is 0.486. The van der Waals surface area contributed by atoms with Crippen LogP contribution in [0, 0.1) is 0 Å². The summed E-state index contributed by atoms with van der Waals surface area (Å²) >= 11 is 11.9. The van der Waals surface area contributed by atoms with Gasteiger partial charge in [-0.25, -0.2) is 4.68 Å². The molecule has 0 unspecified atom stereocenters. The maximum Gasteiger partial charge on any atom is 0.122 e. The van der Waals surface area contributed by atoms with Crippen LogP contribution in [0.25, 0.3) is 11.3 Å². The van der Waals surface area contributed by atoms with Crippen molar-refractivity contribution in [2.75, 3.05) is 12.3 Å².